The summed E-state index contributed by atoms with van der Waals surface area (Å²) >= 11 is 6.09. The van der Waals surface area contributed by atoms with E-state index >= 15 is 0 Å². The minimum Gasteiger partial charge on any atom is -0.356 e. The fourth-order valence-electron chi connectivity index (χ4n) is 3.63. The number of aromatic nitrogens is 6. The Morgan fingerprint density at radius 3 is 2.55 bits per heavy atom. The van der Waals surface area contributed by atoms with Gasteiger partial charge in [-0.2, -0.15) is 0 Å². The van der Waals surface area contributed by atoms with E-state index in [1.807, 2.05) is 18.5 Å². The summed E-state index contributed by atoms with van der Waals surface area (Å²) in [5.41, 5.74) is 2.80. The molecule has 152 valence electrons. The van der Waals surface area contributed by atoms with Gasteiger partial charge in [-0.05, 0) is 26.0 Å². The predicted molar refractivity (Wildman–Crippen MR) is 115 cm³/mol. The molecule has 2 N–H and O–H groups in total. The van der Waals surface area contributed by atoms with Crippen LogP contribution in [-0.4, -0.2) is 49.1 Å². The van der Waals surface area contributed by atoms with Gasteiger partial charge in [0, 0.05) is 42.8 Å². The van der Waals surface area contributed by atoms with E-state index in [-0.39, 0.29) is 0 Å². The Morgan fingerprint density at radius 1 is 1.03 bits per heavy atom. The maximum absolute atomic E-state index is 6.09. The lowest BCUT2D eigenvalue weighted by molar-refractivity contribution is 0.394. The van der Waals surface area contributed by atoms with Crippen LogP contribution in [0.2, 0.25) is 5.15 Å². The largest absolute Gasteiger partial charge is 0.356 e. The second-order valence-corrected chi connectivity index (χ2v) is 7.50. The minimum atomic E-state index is 0.525. The van der Waals surface area contributed by atoms with Crippen LogP contribution in [0.5, 0.6) is 0 Å². The number of hydrogen-bond donors (Lipinski definition) is 2. The molecule has 29 heavy (non-hydrogen) atoms. The molecular formula is C20H25ClN8. The zero-order chi connectivity index (χ0) is 20.2. The summed E-state index contributed by atoms with van der Waals surface area (Å²) in [6.45, 7) is 0. The van der Waals surface area contributed by atoms with Crippen LogP contribution in [0, 0.1) is 0 Å². The van der Waals surface area contributed by atoms with Crippen molar-refractivity contribution < 1.29 is 0 Å². The van der Waals surface area contributed by atoms with Gasteiger partial charge in [-0.25, -0.2) is 19.5 Å². The number of fused-ring (bicyclic) bond motifs is 2. The van der Waals surface area contributed by atoms with Gasteiger partial charge in [-0.3, -0.25) is 4.40 Å². The summed E-state index contributed by atoms with van der Waals surface area (Å²) in [4.78, 5) is 12.7. The minimum absolute atomic E-state index is 0.525. The van der Waals surface area contributed by atoms with Gasteiger partial charge < -0.3 is 10.6 Å². The van der Waals surface area contributed by atoms with Crippen LogP contribution in [0.1, 0.15) is 32.1 Å². The molecule has 1 fully saturated rings. The molecule has 1 saturated carbocycles. The summed E-state index contributed by atoms with van der Waals surface area (Å²) in [6, 6.07) is 2.81. The molecule has 9 heteroatoms. The summed E-state index contributed by atoms with van der Waals surface area (Å²) in [6.07, 6.45) is 16.0. The van der Waals surface area contributed by atoms with E-state index < -0.39 is 0 Å². The van der Waals surface area contributed by atoms with Crippen molar-refractivity contribution in [3.8, 4) is 11.1 Å². The van der Waals surface area contributed by atoms with Gasteiger partial charge >= 0.3 is 0 Å². The molecule has 1 aliphatic carbocycles. The van der Waals surface area contributed by atoms with Crippen LogP contribution in [0.3, 0.4) is 0 Å². The lowest BCUT2D eigenvalue weighted by Crippen LogP contribution is -2.26. The zero-order valence-electron chi connectivity index (χ0n) is 16.6. The number of anilines is 1. The highest BCUT2D eigenvalue weighted by Crippen LogP contribution is 2.25. The number of halogens is 1. The molecule has 0 atom stereocenters. The Morgan fingerprint density at radius 2 is 1.83 bits per heavy atom. The van der Waals surface area contributed by atoms with Crippen molar-refractivity contribution >= 4 is 28.8 Å². The number of imidazole rings is 1. The average molecular weight is 413 g/mol. The average Bonchev–Trinajstić information content (AvgIpc) is 3.37. The van der Waals surface area contributed by atoms with Crippen LogP contribution in [0.4, 0.5) is 5.95 Å². The van der Waals surface area contributed by atoms with Crippen LogP contribution in [0.15, 0.2) is 37.1 Å². The van der Waals surface area contributed by atoms with E-state index in [1.165, 1.54) is 32.1 Å². The molecule has 0 saturated heterocycles. The van der Waals surface area contributed by atoms with E-state index in [2.05, 4.69) is 37.7 Å². The smallest absolute Gasteiger partial charge is 0.240 e. The normalized spacial score (nSPS) is 14.7. The van der Waals surface area contributed by atoms with Crippen molar-refractivity contribution in [3.05, 3.63) is 42.2 Å². The maximum Gasteiger partial charge on any atom is 0.240 e. The number of rotatable bonds is 3. The van der Waals surface area contributed by atoms with Crippen molar-refractivity contribution in [2.45, 2.75) is 38.1 Å². The molecule has 0 spiro atoms. The third-order valence-corrected chi connectivity index (χ3v) is 5.56. The van der Waals surface area contributed by atoms with Gasteiger partial charge in [0.25, 0.3) is 0 Å². The molecule has 0 aromatic carbocycles. The first-order valence-electron chi connectivity index (χ1n) is 9.88. The molecule has 0 radical (unpaired) electrons. The topological polar surface area (TPSA) is 84.4 Å². The van der Waals surface area contributed by atoms with E-state index in [4.69, 9.17) is 11.6 Å². The first-order valence-corrected chi connectivity index (χ1v) is 10.3. The van der Waals surface area contributed by atoms with Crippen molar-refractivity contribution in [1.29, 1.82) is 0 Å². The number of hydrogen-bond acceptors (Lipinski definition) is 6. The lowest BCUT2D eigenvalue weighted by Gasteiger charge is -2.20. The van der Waals surface area contributed by atoms with E-state index in [9.17, 15) is 0 Å². The third-order valence-electron chi connectivity index (χ3n) is 5.28. The van der Waals surface area contributed by atoms with E-state index in [1.54, 1.807) is 34.6 Å². The molecule has 4 aromatic heterocycles. The SMILES string of the molecule is CNC1CCCCC1.CNc1ncc2c(-c3cnc4ncc(Cl)n4c3)ccn2n1. The summed E-state index contributed by atoms with van der Waals surface area (Å²) in [5.74, 6) is 1.14. The van der Waals surface area contributed by atoms with Crippen molar-refractivity contribution in [1.82, 2.24) is 34.3 Å². The van der Waals surface area contributed by atoms with Gasteiger partial charge in [0.2, 0.25) is 11.7 Å². The summed E-state index contributed by atoms with van der Waals surface area (Å²) < 4.78 is 3.51. The molecular weight excluding hydrogens is 388 g/mol. The molecule has 5 rings (SSSR count). The molecule has 0 amide bonds. The Bertz CT molecular complexity index is 1100. The van der Waals surface area contributed by atoms with Gasteiger partial charge in [0.05, 0.1) is 17.9 Å². The lowest BCUT2D eigenvalue weighted by atomic mass is 9.96. The fourth-order valence-corrected chi connectivity index (χ4v) is 3.81. The highest BCUT2D eigenvalue weighted by molar-refractivity contribution is 6.29. The highest BCUT2D eigenvalue weighted by atomic mass is 35.5. The molecule has 0 unspecified atom stereocenters. The van der Waals surface area contributed by atoms with Crippen molar-refractivity contribution in [3.63, 3.8) is 0 Å². The Hall–Kier alpha value is -2.71. The standard InChI is InChI=1S/C13H10ClN7.C7H15N/c1-15-12-16-5-10-9(2-3-21(10)19-12)8-4-17-13-18-6-11(14)20(13)7-8;1-8-7-5-3-2-4-6-7/h2-7H,1H3,(H,15,19);7-8H,2-6H2,1H3. The second kappa shape index (κ2) is 8.75. The fraction of sp³-hybridized carbons (Fsp3) is 0.400. The monoisotopic (exact) mass is 412 g/mol. The van der Waals surface area contributed by atoms with Gasteiger partial charge in [0.15, 0.2) is 0 Å². The molecule has 8 nitrogen and oxygen atoms in total. The molecule has 4 aromatic rings. The number of nitrogens with one attached hydrogen (secondary N) is 2. The molecule has 4 heterocycles. The Kier molecular flexibility index (Phi) is 5.92. The quantitative estimate of drug-likeness (QED) is 0.534. The van der Waals surface area contributed by atoms with Crippen LogP contribution in [-0.2, 0) is 0 Å². The first-order chi connectivity index (χ1) is 14.2. The van der Waals surface area contributed by atoms with Crippen LogP contribution >= 0.6 is 11.6 Å². The maximum atomic E-state index is 6.09. The molecule has 0 bridgehead atoms. The van der Waals surface area contributed by atoms with Gasteiger partial charge in [0.1, 0.15) is 5.15 Å². The van der Waals surface area contributed by atoms with Crippen molar-refractivity contribution in [2.24, 2.45) is 0 Å². The predicted octanol–water partition coefficient (Wildman–Crippen LogP) is 3.67. The number of nitrogens with zero attached hydrogens (tertiary/aromatic N) is 6. The zero-order valence-corrected chi connectivity index (χ0v) is 17.4. The second-order valence-electron chi connectivity index (χ2n) is 7.11. The third kappa shape index (κ3) is 4.18. The van der Waals surface area contributed by atoms with Crippen LogP contribution in [0.25, 0.3) is 22.4 Å². The summed E-state index contributed by atoms with van der Waals surface area (Å²) in [7, 11) is 3.85. The van der Waals surface area contributed by atoms with Crippen LogP contribution < -0.4 is 10.6 Å². The van der Waals surface area contributed by atoms with E-state index in [0.29, 0.717) is 16.9 Å². The van der Waals surface area contributed by atoms with E-state index in [0.717, 1.165) is 22.7 Å². The van der Waals surface area contributed by atoms with Gasteiger partial charge in [-0.15, -0.1) is 5.10 Å². The highest BCUT2D eigenvalue weighted by Gasteiger charge is 2.11. The first kappa shape index (κ1) is 19.6. The summed E-state index contributed by atoms with van der Waals surface area (Å²) in [5, 5.41) is 11.1. The van der Waals surface area contributed by atoms with Gasteiger partial charge in [-0.1, -0.05) is 30.9 Å². The molecule has 0 aliphatic heterocycles. The van der Waals surface area contributed by atoms with Crippen molar-refractivity contribution in [2.75, 3.05) is 19.4 Å². The molecule has 1 aliphatic rings. The Balaban J connectivity index is 0.000000216. The Labute approximate surface area is 174 Å².